The third-order valence-electron chi connectivity index (χ3n) is 0. The van der Waals surface area contributed by atoms with E-state index in [0.717, 1.165) is 0 Å². The van der Waals surface area contributed by atoms with Gasteiger partial charge in [0.05, 0.1) is 0 Å². The molecule has 0 spiro atoms. The summed E-state index contributed by atoms with van der Waals surface area (Å²) in [5.41, 5.74) is 0. The van der Waals surface area contributed by atoms with Gasteiger partial charge in [-0.1, -0.05) is 0 Å². The molecule has 0 heterocycles. The van der Waals surface area contributed by atoms with Gasteiger partial charge in [-0.05, 0) is 0 Å². The van der Waals surface area contributed by atoms with Crippen molar-refractivity contribution in [3.63, 3.8) is 0 Å². The van der Waals surface area contributed by atoms with E-state index in [4.69, 9.17) is 52.6 Å². The van der Waals surface area contributed by atoms with Crippen LogP contribution < -0.4 is 0 Å². The van der Waals surface area contributed by atoms with Crippen LogP contribution in [0.5, 0.6) is 0 Å². The molecule has 18 nitrogen and oxygen atoms in total. The van der Waals surface area contributed by atoms with Crippen LogP contribution in [0.2, 0.25) is 0 Å². The third kappa shape index (κ3) is 55800. The molecule has 0 saturated heterocycles. The van der Waals surface area contributed by atoms with E-state index in [1.54, 1.807) is 0 Å². The van der Waals surface area contributed by atoms with Crippen molar-refractivity contribution in [3.05, 3.63) is 0 Å². The maximum atomic E-state index is 8.52. The second kappa shape index (κ2) is 30.3. The van der Waals surface area contributed by atoms with Crippen molar-refractivity contribution in [3.8, 4) is 0 Å². The summed E-state index contributed by atoms with van der Waals surface area (Å²) in [6, 6.07) is 0. The minimum Gasteiger partial charge on any atom is -0.759 e. The first-order chi connectivity index (χ1) is 6.00. The van der Waals surface area contributed by atoms with E-state index in [1.165, 1.54) is 0 Å². The van der Waals surface area contributed by atoms with Gasteiger partial charge < -0.3 is 60.2 Å². The molecular formula is H12Fe2O18S3. The molecule has 0 saturated carbocycles. The van der Waals surface area contributed by atoms with Gasteiger partial charge in [-0.25, -0.2) is 0 Å². The minimum atomic E-state index is -5.17. The first kappa shape index (κ1) is 76.3. The van der Waals surface area contributed by atoms with Gasteiger partial charge in [0.25, 0.3) is 0 Å². The van der Waals surface area contributed by atoms with Gasteiger partial charge in [0.1, 0.15) is 0 Å². The van der Waals surface area contributed by atoms with Crippen molar-refractivity contribution in [2.45, 2.75) is 0 Å². The Kier molecular flexibility index (Phi) is 101. The Morgan fingerprint density at radius 3 is 0.348 bits per heavy atom. The van der Waals surface area contributed by atoms with Gasteiger partial charge in [0.15, 0.2) is 0 Å². The summed E-state index contributed by atoms with van der Waals surface area (Å²) >= 11 is 0. The molecule has 23 heteroatoms. The summed E-state index contributed by atoms with van der Waals surface area (Å²) in [7, 11) is -15.5. The van der Waals surface area contributed by atoms with Crippen LogP contribution in [0.4, 0.5) is 0 Å². The van der Waals surface area contributed by atoms with Crippen LogP contribution in [-0.2, 0) is 65.3 Å². The van der Waals surface area contributed by atoms with Crippen molar-refractivity contribution >= 4 is 31.2 Å². The minimum absolute atomic E-state index is 0. The molecule has 0 aromatic heterocycles. The molecule has 0 aliphatic heterocycles. The molecule has 0 aromatic rings. The van der Waals surface area contributed by atoms with Crippen molar-refractivity contribution in [2.75, 3.05) is 0 Å². The van der Waals surface area contributed by atoms with E-state index in [0.29, 0.717) is 0 Å². The molecule has 23 heavy (non-hydrogen) atoms. The molecule has 0 aromatic carbocycles. The summed E-state index contributed by atoms with van der Waals surface area (Å²) in [5, 5.41) is 0. The summed E-state index contributed by atoms with van der Waals surface area (Å²) in [6.45, 7) is 0. The van der Waals surface area contributed by atoms with E-state index < -0.39 is 31.2 Å². The fourth-order valence-electron chi connectivity index (χ4n) is 0. The van der Waals surface area contributed by atoms with Crippen LogP contribution in [0, 0.1) is 0 Å². The van der Waals surface area contributed by atoms with Gasteiger partial charge in [-0.15, -0.1) is 0 Å². The standard InChI is InChI=1S/2Fe.3H2O4S.6H2O/c;;3*1-5(2,3)4;;;;;;/h;;3*(H2,1,2,3,4);6*1H2/q2*+3;;;;;;;;;/p-6. The Hall–Kier alpha value is 0.409. The summed E-state index contributed by atoms with van der Waals surface area (Å²) < 4.78 is 102. The number of hydrogen-bond acceptors (Lipinski definition) is 12. The van der Waals surface area contributed by atoms with Crippen molar-refractivity contribution in [2.24, 2.45) is 0 Å². The first-order valence-electron chi connectivity index (χ1n) is 2.00. The molecule has 0 amide bonds. The van der Waals surface area contributed by atoms with Crippen molar-refractivity contribution in [1.29, 1.82) is 0 Å². The van der Waals surface area contributed by atoms with E-state index in [9.17, 15) is 0 Å². The predicted molar refractivity (Wildman–Crippen MR) is 53.1 cm³/mol. The molecule has 0 aliphatic carbocycles. The van der Waals surface area contributed by atoms with Crippen molar-refractivity contribution in [1.82, 2.24) is 0 Å². The predicted octanol–water partition coefficient (Wildman–Crippen LogP) is -8.97. The smallest absolute Gasteiger partial charge is 0.759 e. The Morgan fingerprint density at radius 2 is 0.348 bits per heavy atom. The van der Waals surface area contributed by atoms with Crippen LogP contribution in [0.1, 0.15) is 0 Å². The average molecular weight is 508 g/mol. The Bertz CT molecular complexity index is 343. The molecule has 2 radical (unpaired) electrons. The van der Waals surface area contributed by atoms with Crippen LogP contribution in [-0.4, -0.2) is 85.4 Å². The maximum absolute atomic E-state index is 8.52. The van der Waals surface area contributed by atoms with Gasteiger partial charge >= 0.3 is 34.1 Å². The molecule has 0 atom stereocenters. The van der Waals surface area contributed by atoms with Gasteiger partial charge in [0, 0.05) is 31.2 Å². The van der Waals surface area contributed by atoms with Gasteiger partial charge in [-0.3, -0.25) is 25.3 Å². The normalized spacial score (nSPS) is 7.57. The molecule has 0 unspecified atom stereocenters. The second-order valence-electron chi connectivity index (χ2n) is 1.22. The van der Waals surface area contributed by atoms with Crippen LogP contribution >= 0.6 is 0 Å². The zero-order valence-electron chi connectivity index (χ0n) is 9.83. The molecule has 0 bridgehead atoms. The molecule has 0 fully saturated rings. The fourth-order valence-corrected chi connectivity index (χ4v) is 0. The van der Waals surface area contributed by atoms with Gasteiger partial charge in [0.2, 0.25) is 0 Å². The largest absolute Gasteiger partial charge is 3.00 e. The second-order valence-corrected chi connectivity index (χ2v) is 3.67. The zero-order valence-corrected chi connectivity index (χ0v) is 14.5. The van der Waals surface area contributed by atoms with Crippen LogP contribution in [0.3, 0.4) is 0 Å². The topological polar surface area (TPSA) is 430 Å². The van der Waals surface area contributed by atoms with Gasteiger partial charge in [-0.2, -0.15) is 0 Å². The maximum Gasteiger partial charge on any atom is 3.00 e. The van der Waals surface area contributed by atoms with Crippen LogP contribution in [0.15, 0.2) is 0 Å². The molecular weight excluding hydrogens is 496 g/mol. The molecule has 0 rings (SSSR count). The summed E-state index contributed by atoms with van der Waals surface area (Å²) in [4.78, 5) is 0. The fraction of sp³-hybridized carbons (Fsp3) is 0. The van der Waals surface area contributed by atoms with E-state index in [2.05, 4.69) is 0 Å². The van der Waals surface area contributed by atoms with E-state index >= 15 is 0 Å². The summed E-state index contributed by atoms with van der Waals surface area (Å²) in [5.74, 6) is 0. The monoisotopic (exact) mass is 508 g/mol. The molecule has 12 N–H and O–H groups in total. The van der Waals surface area contributed by atoms with E-state index in [-0.39, 0.29) is 67.0 Å². The average Bonchev–Trinajstić information content (AvgIpc) is 1.41. The molecule has 154 valence electrons. The van der Waals surface area contributed by atoms with Crippen LogP contribution in [0.25, 0.3) is 0 Å². The SMILES string of the molecule is O.O.O.O.O.O.O=S(=O)([O-])[O-].O=S(=O)([O-])[O-].O=S(=O)([O-])[O-].[Fe+3].[Fe+3]. The molecule has 0 aliphatic rings. The Labute approximate surface area is 150 Å². The van der Waals surface area contributed by atoms with E-state index in [1.807, 2.05) is 0 Å². The Morgan fingerprint density at radius 1 is 0.348 bits per heavy atom. The number of rotatable bonds is 0. The summed E-state index contributed by atoms with van der Waals surface area (Å²) in [6.07, 6.45) is 0. The van der Waals surface area contributed by atoms with Crippen molar-refractivity contribution < 1.29 is 120 Å². The first-order valence-corrected chi connectivity index (χ1v) is 6.00. The third-order valence-corrected chi connectivity index (χ3v) is 0. The Balaban J connectivity index is -0.00000000889. The number of hydrogen-bond donors (Lipinski definition) is 0. The zero-order chi connectivity index (χ0) is 13.5. The quantitative estimate of drug-likeness (QED) is 0.167.